The van der Waals surface area contributed by atoms with E-state index in [1.165, 1.54) is 0 Å². The Labute approximate surface area is 118 Å². The Bertz CT molecular complexity index is 503. The van der Waals surface area contributed by atoms with E-state index in [1.807, 2.05) is 17.5 Å². The minimum Gasteiger partial charge on any atom is -0.313 e. The average molecular weight is 300 g/mol. The van der Waals surface area contributed by atoms with Gasteiger partial charge in [0, 0.05) is 23.5 Å². The highest BCUT2D eigenvalue weighted by molar-refractivity contribution is 7.89. The van der Waals surface area contributed by atoms with Crippen LogP contribution in [0.4, 0.5) is 0 Å². The SMILES string of the molecule is O=S(=O)(CC1CCCN1)N(Cc1cccs1)C1CC1. The summed E-state index contributed by atoms with van der Waals surface area (Å²) in [4.78, 5) is 1.13. The molecular weight excluding hydrogens is 280 g/mol. The Morgan fingerprint density at radius 3 is 2.79 bits per heavy atom. The fraction of sp³-hybridized carbons (Fsp3) is 0.692. The van der Waals surface area contributed by atoms with E-state index < -0.39 is 10.0 Å². The Morgan fingerprint density at radius 1 is 1.37 bits per heavy atom. The van der Waals surface area contributed by atoms with E-state index in [9.17, 15) is 8.42 Å². The first-order chi connectivity index (χ1) is 9.15. The van der Waals surface area contributed by atoms with Crippen molar-refractivity contribution in [3.63, 3.8) is 0 Å². The summed E-state index contributed by atoms with van der Waals surface area (Å²) >= 11 is 1.63. The van der Waals surface area contributed by atoms with Gasteiger partial charge in [0.2, 0.25) is 10.0 Å². The Balaban J connectivity index is 1.71. The summed E-state index contributed by atoms with van der Waals surface area (Å²) < 4.78 is 26.9. The van der Waals surface area contributed by atoms with Crippen LogP contribution < -0.4 is 5.32 Å². The maximum atomic E-state index is 12.6. The zero-order valence-corrected chi connectivity index (χ0v) is 12.5. The standard InChI is InChI=1S/C13H20N2O2S2/c16-19(17,10-11-3-1-7-14-11)15(12-5-6-12)9-13-4-2-8-18-13/h2,4,8,11-12,14H,1,3,5-7,9-10H2. The third-order valence-electron chi connectivity index (χ3n) is 3.78. The number of hydrogen-bond donors (Lipinski definition) is 1. The lowest BCUT2D eigenvalue weighted by atomic mass is 10.3. The van der Waals surface area contributed by atoms with Crippen LogP contribution >= 0.6 is 11.3 Å². The second-order valence-corrected chi connectivity index (χ2v) is 8.43. The van der Waals surface area contributed by atoms with Gasteiger partial charge in [-0.15, -0.1) is 11.3 Å². The number of thiophene rings is 1. The molecule has 1 atom stereocenters. The molecule has 0 aromatic carbocycles. The maximum Gasteiger partial charge on any atom is 0.216 e. The topological polar surface area (TPSA) is 49.4 Å². The lowest BCUT2D eigenvalue weighted by Gasteiger charge is -2.23. The van der Waals surface area contributed by atoms with E-state index >= 15 is 0 Å². The highest BCUT2D eigenvalue weighted by atomic mass is 32.2. The van der Waals surface area contributed by atoms with Gasteiger partial charge in [0.25, 0.3) is 0 Å². The fourth-order valence-electron chi connectivity index (χ4n) is 2.62. The van der Waals surface area contributed by atoms with Gasteiger partial charge >= 0.3 is 0 Å². The number of hydrogen-bond acceptors (Lipinski definition) is 4. The van der Waals surface area contributed by atoms with Crippen LogP contribution in [0, 0.1) is 0 Å². The van der Waals surface area contributed by atoms with E-state index in [1.54, 1.807) is 15.6 Å². The van der Waals surface area contributed by atoms with Crippen LogP contribution in [0.1, 0.15) is 30.6 Å². The van der Waals surface area contributed by atoms with Crippen LogP contribution in [0.25, 0.3) is 0 Å². The molecule has 2 fully saturated rings. The normalized spacial score (nSPS) is 24.2. The van der Waals surface area contributed by atoms with E-state index in [0.717, 1.165) is 37.1 Å². The van der Waals surface area contributed by atoms with Crippen LogP contribution in [0.2, 0.25) is 0 Å². The molecule has 0 spiro atoms. The van der Waals surface area contributed by atoms with Crippen molar-refractivity contribution >= 4 is 21.4 Å². The molecule has 0 bridgehead atoms. The summed E-state index contributed by atoms with van der Waals surface area (Å²) in [7, 11) is -3.14. The Morgan fingerprint density at radius 2 is 2.21 bits per heavy atom. The molecule has 1 saturated carbocycles. The van der Waals surface area contributed by atoms with Gasteiger partial charge in [0.1, 0.15) is 0 Å². The van der Waals surface area contributed by atoms with Crippen LogP contribution in [0.3, 0.4) is 0 Å². The van der Waals surface area contributed by atoms with Gasteiger partial charge in [-0.05, 0) is 43.7 Å². The summed E-state index contributed by atoms with van der Waals surface area (Å²) in [5.41, 5.74) is 0. The molecule has 19 heavy (non-hydrogen) atoms. The minimum atomic E-state index is -3.14. The first-order valence-electron chi connectivity index (χ1n) is 6.90. The zero-order chi connectivity index (χ0) is 13.3. The third-order valence-corrected chi connectivity index (χ3v) is 6.60. The quantitative estimate of drug-likeness (QED) is 0.871. The van der Waals surface area contributed by atoms with E-state index in [4.69, 9.17) is 0 Å². The van der Waals surface area contributed by atoms with Crippen LogP contribution in [0.5, 0.6) is 0 Å². The summed E-state index contributed by atoms with van der Waals surface area (Å²) in [6, 6.07) is 4.39. The van der Waals surface area contributed by atoms with Gasteiger partial charge in [-0.1, -0.05) is 6.07 Å². The number of sulfonamides is 1. The monoisotopic (exact) mass is 300 g/mol. The van der Waals surface area contributed by atoms with E-state index in [2.05, 4.69) is 5.32 Å². The Kier molecular flexibility index (Phi) is 3.93. The average Bonchev–Trinajstić information content (AvgIpc) is 2.87. The highest BCUT2D eigenvalue weighted by Crippen LogP contribution is 2.32. The number of rotatable bonds is 6. The van der Waals surface area contributed by atoms with Crippen molar-refractivity contribution in [3.8, 4) is 0 Å². The van der Waals surface area contributed by atoms with Crippen molar-refractivity contribution < 1.29 is 8.42 Å². The molecule has 6 heteroatoms. The number of nitrogens with one attached hydrogen (secondary N) is 1. The van der Waals surface area contributed by atoms with Gasteiger partial charge in [0.05, 0.1) is 5.75 Å². The first kappa shape index (κ1) is 13.5. The molecule has 4 nitrogen and oxygen atoms in total. The molecule has 1 unspecified atom stereocenters. The highest BCUT2D eigenvalue weighted by Gasteiger charge is 2.38. The van der Waals surface area contributed by atoms with Crippen molar-refractivity contribution in [2.24, 2.45) is 0 Å². The lowest BCUT2D eigenvalue weighted by Crippen LogP contribution is -2.40. The van der Waals surface area contributed by atoms with Gasteiger partial charge in [-0.25, -0.2) is 8.42 Å². The van der Waals surface area contributed by atoms with Gasteiger partial charge < -0.3 is 5.32 Å². The van der Waals surface area contributed by atoms with Crippen LogP contribution in [-0.4, -0.2) is 37.1 Å². The van der Waals surface area contributed by atoms with Crippen LogP contribution in [0.15, 0.2) is 17.5 Å². The second kappa shape index (κ2) is 5.52. The smallest absolute Gasteiger partial charge is 0.216 e. The number of nitrogens with zero attached hydrogens (tertiary/aromatic N) is 1. The summed E-state index contributed by atoms with van der Waals surface area (Å²) in [5.74, 6) is 0.259. The van der Waals surface area contributed by atoms with Crippen LogP contribution in [-0.2, 0) is 16.6 Å². The fourth-order valence-corrected chi connectivity index (χ4v) is 5.39. The predicted molar refractivity (Wildman–Crippen MR) is 77.7 cm³/mol. The second-order valence-electron chi connectivity index (χ2n) is 5.43. The molecule has 1 aliphatic heterocycles. The zero-order valence-electron chi connectivity index (χ0n) is 10.9. The Hall–Kier alpha value is -0.430. The molecule has 1 aliphatic carbocycles. The summed E-state index contributed by atoms with van der Waals surface area (Å²) in [6.45, 7) is 1.51. The minimum absolute atomic E-state index is 0.148. The first-order valence-corrected chi connectivity index (χ1v) is 9.39. The van der Waals surface area contributed by atoms with Gasteiger partial charge in [-0.3, -0.25) is 0 Å². The molecule has 106 valence electrons. The van der Waals surface area contributed by atoms with Crippen molar-refractivity contribution in [1.29, 1.82) is 0 Å². The third kappa shape index (κ3) is 3.37. The molecule has 2 aliphatic rings. The van der Waals surface area contributed by atoms with Crippen molar-refractivity contribution in [2.75, 3.05) is 12.3 Å². The molecule has 1 aromatic heterocycles. The molecule has 2 heterocycles. The molecule has 0 radical (unpaired) electrons. The maximum absolute atomic E-state index is 12.6. The molecular formula is C13H20N2O2S2. The summed E-state index contributed by atoms with van der Waals surface area (Å²) in [5, 5.41) is 5.29. The molecule has 1 N–H and O–H groups in total. The predicted octanol–water partition coefficient (Wildman–Crippen LogP) is 1.79. The molecule has 0 amide bonds. The molecule has 3 rings (SSSR count). The van der Waals surface area contributed by atoms with Gasteiger partial charge in [0.15, 0.2) is 0 Å². The largest absolute Gasteiger partial charge is 0.313 e. The molecule has 1 saturated heterocycles. The summed E-state index contributed by atoms with van der Waals surface area (Å²) in [6.07, 6.45) is 4.11. The van der Waals surface area contributed by atoms with E-state index in [-0.39, 0.29) is 17.8 Å². The van der Waals surface area contributed by atoms with Crippen molar-refractivity contribution in [3.05, 3.63) is 22.4 Å². The molecule has 1 aromatic rings. The van der Waals surface area contributed by atoms with Crippen molar-refractivity contribution in [1.82, 2.24) is 9.62 Å². The van der Waals surface area contributed by atoms with Gasteiger partial charge in [-0.2, -0.15) is 4.31 Å². The van der Waals surface area contributed by atoms with Crippen molar-refractivity contribution in [2.45, 2.75) is 44.3 Å². The van der Waals surface area contributed by atoms with E-state index in [0.29, 0.717) is 6.54 Å². The lowest BCUT2D eigenvalue weighted by molar-refractivity contribution is 0.397.